The lowest BCUT2D eigenvalue weighted by Gasteiger charge is -2.23. The van der Waals surface area contributed by atoms with Crippen molar-refractivity contribution in [1.29, 1.82) is 0 Å². The summed E-state index contributed by atoms with van der Waals surface area (Å²) in [6, 6.07) is 11.2. The standard InChI is InChI=1S/C19H21F3N6O/c1-29-15-5-3-14(4-6-15)13-26-9-2-10-27(12-11-26)17-8-7-16-23-24-18(19(20,21)22)28(16)25-17/h3-8H,2,9-13H2,1H3. The molecule has 1 aromatic carbocycles. The molecule has 3 aromatic rings. The molecule has 2 aromatic heterocycles. The molecule has 4 rings (SSSR count). The van der Waals surface area contributed by atoms with Gasteiger partial charge in [0.05, 0.1) is 7.11 Å². The first-order chi connectivity index (χ1) is 13.9. The summed E-state index contributed by atoms with van der Waals surface area (Å²) in [5.41, 5.74) is 1.27. The van der Waals surface area contributed by atoms with Crippen molar-refractivity contribution in [3.05, 3.63) is 47.8 Å². The fourth-order valence-corrected chi connectivity index (χ4v) is 3.47. The normalized spacial score (nSPS) is 16.2. The van der Waals surface area contributed by atoms with E-state index >= 15 is 0 Å². The Balaban J connectivity index is 1.46. The highest BCUT2D eigenvalue weighted by Gasteiger charge is 2.37. The van der Waals surface area contributed by atoms with Crippen molar-refractivity contribution >= 4 is 11.5 Å². The summed E-state index contributed by atoms with van der Waals surface area (Å²) < 4.78 is 45.3. The molecule has 0 spiro atoms. The molecule has 1 fully saturated rings. The van der Waals surface area contributed by atoms with Crippen molar-refractivity contribution in [2.45, 2.75) is 19.1 Å². The van der Waals surface area contributed by atoms with Gasteiger partial charge in [0, 0.05) is 32.7 Å². The number of fused-ring (bicyclic) bond motifs is 1. The number of ether oxygens (including phenoxy) is 1. The number of methoxy groups -OCH3 is 1. The van der Waals surface area contributed by atoms with E-state index in [4.69, 9.17) is 4.74 Å². The van der Waals surface area contributed by atoms with Gasteiger partial charge in [-0.25, -0.2) is 0 Å². The van der Waals surface area contributed by atoms with E-state index < -0.39 is 12.0 Å². The number of nitrogens with zero attached hydrogens (tertiary/aromatic N) is 6. The SMILES string of the molecule is COc1ccc(CN2CCCN(c3ccc4nnc(C(F)(F)F)n4n3)CC2)cc1. The van der Waals surface area contributed by atoms with Crippen LogP contribution in [0.25, 0.3) is 5.65 Å². The van der Waals surface area contributed by atoms with Gasteiger partial charge < -0.3 is 9.64 Å². The van der Waals surface area contributed by atoms with Gasteiger partial charge >= 0.3 is 6.18 Å². The first-order valence-corrected chi connectivity index (χ1v) is 9.34. The van der Waals surface area contributed by atoms with Crippen molar-refractivity contribution < 1.29 is 17.9 Å². The Morgan fingerprint density at radius 2 is 1.76 bits per heavy atom. The third-order valence-electron chi connectivity index (χ3n) is 4.98. The van der Waals surface area contributed by atoms with Crippen LogP contribution in [0.5, 0.6) is 5.75 Å². The Hall–Kier alpha value is -2.88. The molecule has 0 saturated carbocycles. The number of rotatable bonds is 4. The maximum atomic E-state index is 13.1. The molecular formula is C19H21F3N6O. The predicted molar refractivity (Wildman–Crippen MR) is 101 cm³/mol. The summed E-state index contributed by atoms with van der Waals surface area (Å²) >= 11 is 0. The minimum Gasteiger partial charge on any atom is -0.497 e. The third kappa shape index (κ3) is 4.26. The molecule has 0 atom stereocenters. The number of benzene rings is 1. The second kappa shape index (κ2) is 7.86. The average molecular weight is 406 g/mol. The predicted octanol–water partition coefficient (Wildman–Crippen LogP) is 2.86. The van der Waals surface area contributed by atoms with E-state index in [-0.39, 0.29) is 5.65 Å². The number of halogens is 3. The third-order valence-corrected chi connectivity index (χ3v) is 4.98. The monoisotopic (exact) mass is 406 g/mol. The smallest absolute Gasteiger partial charge is 0.453 e. The van der Waals surface area contributed by atoms with E-state index in [0.717, 1.165) is 42.9 Å². The van der Waals surface area contributed by atoms with E-state index in [1.165, 1.54) is 11.6 Å². The second-order valence-corrected chi connectivity index (χ2v) is 6.95. The van der Waals surface area contributed by atoms with Crippen LogP contribution in [0, 0.1) is 0 Å². The zero-order chi connectivity index (χ0) is 20.4. The minimum absolute atomic E-state index is 0.0806. The fourth-order valence-electron chi connectivity index (χ4n) is 3.47. The number of hydrogen-bond donors (Lipinski definition) is 0. The summed E-state index contributed by atoms with van der Waals surface area (Å²) in [5, 5.41) is 10.9. The summed E-state index contributed by atoms with van der Waals surface area (Å²) in [7, 11) is 1.64. The molecule has 0 radical (unpaired) electrons. The van der Waals surface area contributed by atoms with Gasteiger partial charge in [0.15, 0.2) is 5.65 Å². The molecule has 1 aliphatic heterocycles. The largest absolute Gasteiger partial charge is 0.497 e. The minimum atomic E-state index is -4.60. The van der Waals surface area contributed by atoms with E-state index in [1.54, 1.807) is 13.2 Å². The van der Waals surface area contributed by atoms with E-state index in [9.17, 15) is 13.2 Å². The lowest BCUT2D eigenvalue weighted by molar-refractivity contribution is -0.146. The van der Waals surface area contributed by atoms with E-state index in [1.807, 2.05) is 29.2 Å². The summed E-state index contributed by atoms with van der Waals surface area (Å²) in [6.07, 6.45) is -3.71. The number of anilines is 1. The average Bonchev–Trinajstić information content (AvgIpc) is 3.01. The number of alkyl halides is 3. The number of hydrogen-bond acceptors (Lipinski definition) is 6. The van der Waals surface area contributed by atoms with Gasteiger partial charge in [-0.2, -0.15) is 17.7 Å². The van der Waals surface area contributed by atoms with Crippen molar-refractivity contribution in [3.63, 3.8) is 0 Å². The number of aromatic nitrogens is 4. The first-order valence-electron chi connectivity index (χ1n) is 9.34. The molecule has 0 unspecified atom stereocenters. The Morgan fingerprint density at radius 3 is 2.48 bits per heavy atom. The molecule has 29 heavy (non-hydrogen) atoms. The molecule has 0 N–H and O–H groups in total. The van der Waals surface area contributed by atoms with Gasteiger partial charge in [0.1, 0.15) is 11.6 Å². The molecule has 1 aliphatic rings. The lowest BCUT2D eigenvalue weighted by Crippen LogP contribution is -2.31. The van der Waals surface area contributed by atoms with Gasteiger partial charge in [0.2, 0.25) is 0 Å². The van der Waals surface area contributed by atoms with Gasteiger partial charge in [-0.1, -0.05) is 12.1 Å². The van der Waals surface area contributed by atoms with Gasteiger partial charge in [-0.15, -0.1) is 15.3 Å². The van der Waals surface area contributed by atoms with Crippen molar-refractivity contribution in [1.82, 2.24) is 24.7 Å². The van der Waals surface area contributed by atoms with Crippen LogP contribution in [-0.4, -0.2) is 58.0 Å². The summed E-state index contributed by atoms with van der Waals surface area (Å²) in [4.78, 5) is 4.34. The summed E-state index contributed by atoms with van der Waals surface area (Å²) in [6.45, 7) is 3.92. The fraction of sp³-hybridized carbons (Fsp3) is 0.421. The van der Waals surface area contributed by atoms with Crippen LogP contribution in [0.15, 0.2) is 36.4 Å². The Bertz CT molecular complexity index is 972. The van der Waals surface area contributed by atoms with E-state index in [2.05, 4.69) is 20.2 Å². The maximum Gasteiger partial charge on any atom is 0.453 e. The van der Waals surface area contributed by atoms with Crippen LogP contribution in [0.2, 0.25) is 0 Å². The van der Waals surface area contributed by atoms with Crippen LogP contribution >= 0.6 is 0 Å². The Morgan fingerprint density at radius 1 is 0.966 bits per heavy atom. The Kier molecular flexibility index (Phi) is 5.27. The van der Waals surface area contributed by atoms with E-state index in [0.29, 0.717) is 12.4 Å². The first kappa shape index (κ1) is 19.4. The molecule has 154 valence electrons. The molecule has 10 heteroatoms. The Labute approximate surface area is 165 Å². The topological polar surface area (TPSA) is 58.8 Å². The zero-order valence-corrected chi connectivity index (χ0v) is 15.9. The lowest BCUT2D eigenvalue weighted by atomic mass is 10.2. The van der Waals surface area contributed by atoms with Crippen molar-refractivity contribution in [2.24, 2.45) is 0 Å². The molecule has 1 saturated heterocycles. The molecular weight excluding hydrogens is 385 g/mol. The molecule has 7 nitrogen and oxygen atoms in total. The van der Waals surface area contributed by atoms with Gasteiger partial charge in [-0.3, -0.25) is 4.90 Å². The highest BCUT2D eigenvalue weighted by molar-refractivity contribution is 5.46. The van der Waals surface area contributed by atoms with Crippen molar-refractivity contribution in [2.75, 3.05) is 38.2 Å². The molecule has 3 heterocycles. The van der Waals surface area contributed by atoms with Crippen LogP contribution in [0.4, 0.5) is 19.0 Å². The van der Waals surface area contributed by atoms with Crippen LogP contribution in [-0.2, 0) is 12.7 Å². The van der Waals surface area contributed by atoms with Crippen LogP contribution < -0.4 is 9.64 Å². The van der Waals surface area contributed by atoms with Crippen LogP contribution in [0.1, 0.15) is 17.8 Å². The van der Waals surface area contributed by atoms with Crippen molar-refractivity contribution in [3.8, 4) is 5.75 Å². The van der Waals surface area contributed by atoms with Gasteiger partial charge in [-0.05, 0) is 36.2 Å². The van der Waals surface area contributed by atoms with Crippen LogP contribution in [0.3, 0.4) is 0 Å². The molecule has 0 bridgehead atoms. The second-order valence-electron chi connectivity index (χ2n) is 6.95. The molecule has 0 amide bonds. The maximum absolute atomic E-state index is 13.1. The zero-order valence-electron chi connectivity index (χ0n) is 15.9. The highest BCUT2D eigenvalue weighted by atomic mass is 19.4. The summed E-state index contributed by atoms with van der Waals surface area (Å²) in [5.74, 6) is 0.212. The molecule has 0 aliphatic carbocycles. The highest BCUT2D eigenvalue weighted by Crippen LogP contribution is 2.28. The van der Waals surface area contributed by atoms with Gasteiger partial charge in [0.25, 0.3) is 5.82 Å². The quantitative estimate of drug-likeness (QED) is 0.664.